The van der Waals surface area contributed by atoms with E-state index in [1.165, 1.54) is 38.9 Å². The lowest BCUT2D eigenvalue weighted by Crippen LogP contribution is -2.39. The minimum absolute atomic E-state index is 0.296. The topological polar surface area (TPSA) is 38.7 Å². The molecule has 0 radical (unpaired) electrons. The Hall–Kier alpha value is -0.160. The average Bonchev–Trinajstić information content (AvgIpc) is 2.68. The second kappa shape index (κ2) is 6.55. The van der Waals surface area contributed by atoms with Crippen LogP contribution in [0.3, 0.4) is 0 Å². The zero-order valence-electron chi connectivity index (χ0n) is 10.2. The maximum absolute atomic E-state index is 8.94. The van der Waals surface area contributed by atoms with Crippen molar-refractivity contribution >= 4 is 0 Å². The Balaban J connectivity index is 1.70. The Morgan fingerprint density at radius 2 is 1.88 bits per heavy atom. The van der Waals surface area contributed by atoms with Gasteiger partial charge in [-0.15, -0.1) is 0 Å². The predicted octanol–water partition coefficient (Wildman–Crippen LogP) is -0.262. The Morgan fingerprint density at radius 3 is 2.62 bits per heavy atom. The van der Waals surface area contributed by atoms with Crippen LogP contribution < -0.4 is 5.32 Å². The number of aliphatic hydroxyl groups is 1. The van der Waals surface area contributed by atoms with Crippen LogP contribution in [0.5, 0.6) is 0 Å². The van der Waals surface area contributed by atoms with Gasteiger partial charge in [0.15, 0.2) is 0 Å². The summed E-state index contributed by atoms with van der Waals surface area (Å²) in [6.45, 7) is 8.21. The molecule has 4 heteroatoms. The molecular weight excluding hydrogens is 202 g/mol. The lowest BCUT2D eigenvalue weighted by molar-refractivity contribution is 0.194. The first-order valence-electron chi connectivity index (χ1n) is 6.67. The highest BCUT2D eigenvalue weighted by atomic mass is 16.3. The van der Waals surface area contributed by atoms with E-state index in [-0.39, 0.29) is 0 Å². The summed E-state index contributed by atoms with van der Waals surface area (Å²) < 4.78 is 0. The van der Waals surface area contributed by atoms with Crippen LogP contribution in [0.1, 0.15) is 19.3 Å². The van der Waals surface area contributed by atoms with Crippen LogP contribution >= 0.6 is 0 Å². The molecule has 2 fully saturated rings. The molecule has 2 aliphatic heterocycles. The van der Waals surface area contributed by atoms with E-state index < -0.39 is 0 Å². The summed E-state index contributed by atoms with van der Waals surface area (Å²) >= 11 is 0. The van der Waals surface area contributed by atoms with Gasteiger partial charge in [-0.2, -0.15) is 0 Å². The van der Waals surface area contributed by atoms with E-state index >= 15 is 0 Å². The molecule has 0 aromatic carbocycles. The first-order valence-corrected chi connectivity index (χ1v) is 6.67. The van der Waals surface area contributed by atoms with Crippen molar-refractivity contribution in [2.24, 2.45) is 0 Å². The zero-order valence-corrected chi connectivity index (χ0v) is 10.2. The van der Waals surface area contributed by atoms with Crippen LogP contribution in [0.25, 0.3) is 0 Å². The van der Waals surface area contributed by atoms with Crippen molar-refractivity contribution in [1.82, 2.24) is 15.1 Å². The molecule has 0 saturated carbocycles. The second-order valence-electron chi connectivity index (χ2n) is 5.01. The number of hydrogen-bond donors (Lipinski definition) is 2. The fraction of sp³-hybridized carbons (Fsp3) is 1.00. The number of nitrogens with zero attached hydrogens (tertiary/aromatic N) is 2. The van der Waals surface area contributed by atoms with Crippen molar-refractivity contribution < 1.29 is 5.11 Å². The summed E-state index contributed by atoms with van der Waals surface area (Å²) in [6.07, 6.45) is 3.93. The maximum atomic E-state index is 8.94. The number of hydrogen-bond acceptors (Lipinski definition) is 4. The first kappa shape index (κ1) is 12.3. The summed E-state index contributed by atoms with van der Waals surface area (Å²) in [5.41, 5.74) is 0. The number of rotatable bonds is 4. The third kappa shape index (κ3) is 3.70. The van der Waals surface area contributed by atoms with Crippen LogP contribution in [0, 0.1) is 0 Å². The number of β-amino-alcohol motifs (C(OH)–C–C–N with tert-alkyl or cyclic N) is 1. The van der Waals surface area contributed by atoms with E-state index in [2.05, 4.69) is 15.1 Å². The van der Waals surface area contributed by atoms with Crippen LogP contribution in [0.2, 0.25) is 0 Å². The first-order chi connectivity index (χ1) is 7.88. The molecule has 2 N–H and O–H groups in total. The molecule has 2 heterocycles. The molecule has 2 aliphatic rings. The van der Waals surface area contributed by atoms with Gasteiger partial charge in [-0.05, 0) is 38.9 Å². The molecule has 0 aromatic heterocycles. The van der Waals surface area contributed by atoms with Crippen molar-refractivity contribution in [3.8, 4) is 0 Å². The predicted molar refractivity (Wildman–Crippen MR) is 65.6 cm³/mol. The molecule has 1 atom stereocenters. The van der Waals surface area contributed by atoms with Crippen molar-refractivity contribution in [3.05, 3.63) is 0 Å². The molecule has 0 spiro atoms. The van der Waals surface area contributed by atoms with E-state index in [1.807, 2.05) is 0 Å². The van der Waals surface area contributed by atoms with E-state index in [4.69, 9.17) is 5.11 Å². The maximum Gasteiger partial charge on any atom is 0.0558 e. The number of aliphatic hydroxyl groups excluding tert-OH is 1. The molecule has 0 aliphatic carbocycles. The Labute approximate surface area is 98.6 Å². The molecule has 2 saturated heterocycles. The molecular formula is C12H25N3O. The standard InChI is InChI=1S/C12H25N3O/c16-10-9-14-5-2-6-15(8-7-14)11-12-3-1-4-13-12/h12-13,16H,1-11H2/t12-/m0/s1. The minimum atomic E-state index is 0.296. The summed E-state index contributed by atoms with van der Waals surface area (Å²) in [5, 5.41) is 12.5. The number of nitrogens with one attached hydrogen (secondary N) is 1. The van der Waals surface area contributed by atoms with Crippen LogP contribution in [0.4, 0.5) is 0 Å². The van der Waals surface area contributed by atoms with E-state index in [0.29, 0.717) is 6.61 Å². The smallest absolute Gasteiger partial charge is 0.0558 e. The summed E-state index contributed by atoms with van der Waals surface area (Å²) in [6, 6.07) is 0.726. The SMILES string of the molecule is OCCN1CCCN(C[C@@H]2CCCN2)CC1. The van der Waals surface area contributed by atoms with Crippen LogP contribution in [-0.2, 0) is 0 Å². The molecule has 2 rings (SSSR count). The van der Waals surface area contributed by atoms with E-state index in [9.17, 15) is 0 Å². The van der Waals surface area contributed by atoms with Gasteiger partial charge in [0.25, 0.3) is 0 Å². The van der Waals surface area contributed by atoms with Crippen LogP contribution in [-0.4, -0.2) is 73.4 Å². The fourth-order valence-electron chi connectivity index (χ4n) is 2.80. The highest BCUT2D eigenvalue weighted by molar-refractivity contribution is 4.79. The molecule has 94 valence electrons. The molecule has 4 nitrogen and oxygen atoms in total. The summed E-state index contributed by atoms with van der Waals surface area (Å²) in [5.74, 6) is 0. The van der Waals surface area contributed by atoms with Crippen molar-refractivity contribution in [1.29, 1.82) is 0 Å². The van der Waals surface area contributed by atoms with Gasteiger partial charge in [-0.25, -0.2) is 0 Å². The Kier molecular flexibility index (Phi) is 5.03. The Morgan fingerprint density at radius 1 is 1.06 bits per heavy atom. The minimum Gasteiger partial charge on any atom is -0.395 e. The second-order valence-corrected chi connectivity index (χ2v) is 5.01. The van der Waals surface area contributed by atoms with E-state index in [0.717, 1.165) is 32.2 Å². The lowest BCUT2D eigenvalue weighted by Gasteiger charge is -2.24. The largest absolute Gasteiger partial charge is 0.395 e. The molecule has 0 aromatic rings. The fourth-order valence-corrected chi connectivity index (χ4v) is 2.80. The Bertz CT molecular complexity index is 195. The summed E-state index contributed by atoms with van der Waals surface area (Å²) in [7, 11) is 0. The monoisotopic (exact) mass is 227 g/mol. The van der Waals surface area contributed by atoms with Crippen molar-refractivity contribution in [3.63, 3.8) is 0 Å². The lowest BCUT2D eigenvalue weighted by atomic mass is 10.2. The highest BCUT2D eigenvalue weighted by Gasteiger charge is 2.20. The van der Waals surface area contributed by atoms with Crippen LogP contribution in [0.15, 0.2) is 0 Å². The third-order valence-corrected chi connectivity index (χ3v) is 3.74. The molecule has 0 unspecified atom stereocenters. The van der Waals surface area contributed by atoms with Crippen molar-refractivity contribution in [2.45, 2.75) is 25.3 Å². The molecule has 0 amide bonds. The van der Waals surface area contributed by atoms with Crippen molar-refractivity contribution in [2.75, 3.05) is 52.4 Å². The third-order valence-electron chi connectivity index (χ3n) is 3.74. The van der Waals surface area contributed by atoms with Gasteiger partial charge >= 0.3 is 0 Å². The quantitative estimate of drug-likeness (QED) is 0.694. The normalized spacial score (nSPS) is 29.4. The molecule has 16 heavy (non-hydrogen) atoms. The van der Waals surface area contributed by atoms with Gasteiger partial charge in [-0.1, -0.05) is 0 Å². The van der Waals surface area contributed by atoms with Gasteiger partial charge in [0, 0.05) is 32.2 Å². The average molecular weight is 227 g/mol. The molecule has 0 bridgehead atoms. The van der Waals surface area contributed by atoms with Gasteiger partial charge in [0.05, 0.1) is 6.61 Å². The van der Waals surface area contributed by atoms with Gasteiger partial charge < -0.3 is 15.3 Å². The van der Waals surface area contributed by atoms with E-state index in [1.54, 1.807) is 0 Å². The van der Waals surface area contributed by atoms with Gasteiger partial charge in [-0.3, -0.25) is 4.90 Å². The van der Waals surface area contributed by atoms with Gasteiger partial charge in [0.2, 0.25) is 0 Å². The summed E-state index contributed by atoms with van der Waals surface area (Å²) in [4.78, 5) is 4.96. The zero-order chi connectivity index (χ0) is 11.2. The highest BCUT2D eigenvalue weighted by Crippen LogP contribution is 2.09. The van der Waals surface area contributed by atoms with Gasteiger partial charge in [0.1, 0.15) is 0 Å².